The molecule has 0 aromatic heterocycles. The Hall–Kier alpha value is -1.10. The van der Waals surface area contributed by atoms with Crippen molar-refractivity contribution in [3.8, 4) is 0 Å². The Morgan fingerprint density at radius 1 is 1.47 bits per heavy atom. The Kier molecular flexibility index (Phi) is 5.79. The van der Waals surface area contributed by atoms with Crippen molar-refractivity contribution >= 4 is 11.9 Å². The maximum atomic E-state index is 12.4. The lowest BCUT2D eigenvalue weighted by Gasteiger charge is -2.36. The number of aliphatic carboxylic acids is 1. The topological polar surface area (TPSA) is 78.4 Å². The lowest BCUT2D eigenvalue weighted by molar-refractivity contribution is -0.144. The molecule has 1 aliphatic heterocycles. The van der Waals surface area contributed by atoms with Crippen LogP contribution in [0.15, 0.2) is 0 Å². The number of carboxylic acids is 1. The lowest BCUT2D eigenvalue weighted by atomic mass is 9.74. The summed E-state index contributed by atoms with van der Waals surface area (Å²) in [6.45, 7) is 7.56. The van der Waals surface area contributed by atoms with E-state index in [0.29, 0.717) is 6.42 Å². The Morgan fingerprint density at radius 3 is 2.63 bits per heavy atom. The summed E-state index contributed by atoms with van der Waals surface area (Å²) in [7, 11) is 0. The molecule has 19 heavy (non-hydrogen) atoms. The van der Waals surface area contributed by atoms with Crippen LogP contribution in [0, 0.1) is 11.3 Å². The molecule has 0 aromatic carbocycles. The van der Waals surface area contributed by atoms with Gasteiger partial charge in [-0.1, -0.05) is 27.2 Å². The van der Waals surface area contributed by atoms with Gasteiger partial charge in [-0.3, -0.25) is 4.79 Å². The molecule has 0 saturated carbocycles. The van der Waals surface area contributed by atoms with E-state index in [2.05, 4.69) is 10.6 Å². The van der Waals surface area contributed by atoms with Crippen molar-refractivity contribution in [3.05, 3.63) is 0 Å². The van der Waals surface area contributed by atoms with Gasteiger partial charge in [-0.05, 0) is 38.3 Å². The van der Waals surface area contributed by atoms with Gasteiger partial charge in [-0.25, -0.2) is 4.79 Å². The number of carbonyl (C=O) groups excluding carboxylic acids is 1. The van der Waals surface area contributed by atoms with E-state index in [9.17, 15) is 9.59 Å². The largest absolute Gasteiger partial charge is 0.480 e. The highest BCUT2D eigenvalue weighted by atomic mass is 16.4. The number of carbonyl (C=O) groups is 2. The maximum Gasteiger partial charge on any atom is 0.326 e. The SMILES string of the molecule is CCC[C@H](NC(=O)C(C)(C)C1CCCNC1)C(=O)O. The van der Waals surface area contributed by atoms with Crippen molar-refractivity contribution < 1.29 is 14.7 Å². The predicted molar refractivity (Wildman–Crippen MR) is 73.8 cm³/mol. The zero-order chi connectivity index (χ0) is 14.5. The minimum atomic E-state index is -0.951. The van der Waals surface area contributed by atoms with Crippen LogP contribution in [0.5, 0.6) is 0 Å². The van der Waals surface area contributed by atoms with Gasteiger partial charge in [-0.15, -0.1) is 0 Å². The molecule has 1 fully saturated rings. The minimum absolute atomic E-state index is 0.151. The zero-order valence-corrected chi connectivity index (χ0v) is 12.2. The third-order valence-corrected chi connectivity index (χ3v) is 4.08. The maximum absolute atomic E-state index is 12.4. The Morgan fingerprint density at radius 2 is 2.16 bits per heavy atom. The second-order valence-electron chi connectivity index (χ2n) is 5.92. The average molecular weight is 270 g/mol. The number of hydrogen-bond donors (Lipinski definition) is 3. The second-order valence-corrected chi connectivity index (χ2v) is 5.92. The van der Waals surface area contributed by atoms with E-state index in [-0.39, 0.29) is 11.8 Å². The number of rotatable bonds is 6. The molecule has 110 valence electrons. The van der Waals surface area contributed by atoms with Crippen LogP contribution in [-0.2, 0) is 9.59 Å². The Labute approximate surface area is 115 Å². The average Bonchev–Trinajstić information content (AvgIpc) is 2.38. The molecule has 0 radical (unpaired) electrons. The number of carboxylic acid groups (broad SMARTS) is 1. The molecule has 1 amide bonds. The highest BCUT2D eigenvalue weighted by Crippen LogP contribution is 2.32. The standard InChI is InChI=1S/C14H26N2O3/c1-4-6-11(12(17)18)16-13(19)14(2,3)10-7-5-8-15-9-10/h10-11,15H,4-9H2,1-3H3,(H,16,19)(H,17,18)/t10?,11-/m0/s1. The molecule has 5 heteroatoms. The van der Waals surface area contributed by atoms with Gasteiger partial charge in [0.25, 0.3) is 0 Å². The zero-order valence-electron chi connectivity index (χ0n) is 12.2. The van der Waals surface area contributed by atoms with Gasteiger partial charge in [-0.2, -0.15) is 0 Å². The summed E-state index contributed by atoms with van der Waals surface area (Å²) in [4.78, 5) is 23.5. The predicted octanol–water partition coefficient (Wildman–Crippen LogP) is 1.38. The van der Waals surface area contributed by atoms with Crippen LogP contribution in [0.4, 0.5) is 0 Å². The molecule has 0 spiro atoms. The molecular weight excluding hydrogens is 244 g/mol. The third-order valence-electron chi connectivity index (χ3n) is 4.08. The van der Waals surface area contributed by atoms with Gasteiger partial charge in [0, 0.05) is 5.41 Å². The summed E-state index contributed by atoms with van der Waals surface area (Å²) in [5, 5.41) is 15.1. The number of nitrogens with one attached hydrogen (secondary N) is 2. The van der Waals surface area contributed by atoms with Crippen LogP contribution in [0.2, 0.25) is 0 Å². The lowest BCUT2D eigenvalue weighted by Crippen LogP contribution is -2.51. The molecule has 1 heterocycles. The van der Waals surface area contributed by atoms with Crippen molar-refractivity contribution in [1.29, 1.82) is 0 Å². The summed E-state index contributed by atoms with van der Waals surface area (Å²) in [5.74, 6) is -0.841. The first-order chi connectivity index (χ1) is 8.89. The first-order valence-electron chi connectivity index (χ1n) is 7.14. The smallest absolute Gasteiger partial charge is 0.326 e. The summed E-state index contributed by atoms with van der Waals surface area (Å²) < 4.78 is 0. The monoisotopic (exact) mass is 270 g/mol. The molecule has 0 aliphatic carbocycles. The van der Waals surface area contributed by atoms with Crippen LogP contribution in [0.3, 0.4) is 0 Å². The van der Waals surface area contributed by atoms with E-state index in [1.54, 1.807) is 0 Å². The Balaban J connectivity index is 2.65. The van der Waals surface area contributed by atoms with Crippen molar-refractivity contribution in [2.24, 2.45) is 11.3 Å². The van der Waals surface area contributed by atoms with Crippen molar-refractivity contribution in [2.75, 3.05) is 13.1 Å². The van der Waals surface area contributed by atoms with Crippen LogP contribution < -0.4 is 10.6 Å². The third kappa shape index (κ3) is 4.20. The number of piperidine rings is 1. The molecule has 1 unspecified atom stereocenters. The van der Waals surface area contributed by atoms with Crippen LogP contribution >= 0.6 is 0 Å². The number of hydrogen-bond acceptors (Lipinski definition) is 3. The second kappa shape index (κ2) is 6.89. The van der Waals surface area contributed by atoms with Crippen molar-refractivity contribution in [3.63, 3.8) is 0 Å². The highest BCUT2D eigenvalue weighted by molar-refractivity contribution is 5.87. The van der Waals surface area contributed by atoms with E-state index >= 15 is 0 Å². The molecule has 5 nitrogen and oxygen atoms in total. The van der Waals surface area contributed by atoms with E-state index in [1.807, 2.05) is 20.8 Å². The quantitative estimate of drug-likeness (QED) is 0.681. The van der Waals surface area contributed by atoms with Gasteiger partial charge in [0.05, 0.1) is 0 Å². The van der Waals surface area contributed by atoms with Crippen molar-refractivity contribution in [1.82, 2.24) is 10.6 Å². The molecule has 1 saturated heterocycles. The molecule has 0 aromatic rings. The van der Waals surface area contributed by atoms with Gasteiger partial charge in [0.15, 0.2) is 0 Å². The van der Waals surface area contributed by atoms with Gasteiger partial charge in [0.1, 0.15) is 6.04 Å². The van der Waals surface area contributed by atoms with Gasteiger partial charge < -0.3 is 15.7 Å². The fraction of sp³-hybridized carbons (Fsp3) is 0.857. The normalized spacial score (nSPS) is 21.7. The van der Waals surface area contributed by atoms with Crippen molar-refractivity contribution in [2.45, 2.75) is 52.5 Å². The summed E-state index contributed by atoms with van der Waals surface area (Å²) in [6, 6.07) is -0.770. The first kappa shape index (κ1) is 16.0. The van der Waals surface area contributed by atoms with E-state index in [4.69, 9.17) is 5.11 Å². The molecule has 1 aliphatic rings. The van der Waals surface area contributed by atoms with E-state index in [0.717, 1.165) is 32.4 Å². The van der Waals surface area contributed by atoms with Crippen LogP contribution in [0.1, 0.15) is 46.5 Å². The summed E-state index contributed by atoms with van der Waals surface area (Å²) in [6.07, 6.45) is 3.29. The summed E-state index contributed by atoms with van der Waals surface area (Å²) in [5.41, 5.74) is -0.533. The van der Waals surface area contributed by atoms with Crippen LogP contribution in [-0.4, -0.2) is 36.1 Å². The minimum Gasteiger partial charge on any atom is -0.480 e. The molecule has 2 atom stereocenters. The first-order valence-corrected chi connectivity index (χ1v) is 7.14. The van der Waals surface area contributed by atoms with Gasteiger partial charge in [0.2, 0.25) is 5.91 Å². The number of amides is 1. The molecule has 3 N–H and O–H groups in total. The summed E-state index contributed by atoms with van der Waals surface area (Å²) >= 11 is 0. The molecule has 0 bridgehead atoms. The molecule has 1 rings (SSSR count). The van der Waals surface area contributed by atoms with E-state index in [1.165, 1.54) is 0 Å². The van der Waals surface area contributed by atoms with Gasteiger partial charge >= 0.3 is 5.97 Å². The van der Waals surface area contributed by atoms with E-state index < -0.39 is 17.4 Å². The fourth-order valence-corrected chi connectivity index (χ4v) is 2.54. The Bertz CT molecular complexity index is 323. The fourth-order valence-electron chi connectivity index (χ4n) is 2.54. The highest BCUT2D eigenvalue weighted by Gasteiger charge is 2.38. The van der Waals surface area contributed by atoms with Crippen LogP contribution in [0.25, 0.3) is 0 Å². The molecular formula is C14H26N2O3.